The number of amides is 4. The van der Waals surface area contributed by atoms with Crippen molar-refractivity contribution in [1.29, 1.82) is 0 Å². The Hall–Kier alpha value is -4.46. The smallest absolute Gasteiger partial charge is 0.325 e. The molecule has 0 aliphatic carbocycles. The van der Waals surface area contributed by atoms with E-state index in [0.717, 1.165) is 0 Å². The van der Waals surface area contributed by atoms with Crippen molar-refractivity contribution in [3.63, 3.8) is 0 Å². The molecular formula is C23H31N7O7. The molecule has 2 aromatic rings. The van der Waals surface area contributed by atoms with Gasteiger partial charge in [-0.2, -0.15) is 0 Å². The summed E-state index contributed by atoms with van der Waals surface area (Å²) in [6.07, 6.45) is 2.63. The molecule has 1 heterocycles. The third kappa shape index (κ3) is 9.60. The van der Waals surface area contributed by atoms with Gasteiger partial charge in [0.1, 0.15) is 23.9 Å². The molecule has 0 spiro atoms. The summed E-state index contributed by atoms with van der Waals surface area (Å²) in [5.41, 5.74) is 12.0. The van der Waals surface area contributed by atoms with Gasteiger partial charge >= 0.3 is 5.97 Å². The molecule has 2 rings (SSSR count). The monoisotopic (exact) mass is 517 g/mol. The number of aromatic amines is 1. The number of carboxylic acids is 1. The summed E-state index contributed by atoms with van der Waals surface area (Å²) >= 11 is 0. The maximum atomic E-state index is 13.3. The molecule has 37 heavy (non-hydrogen) atoms. The van der Waals surface area contributed by atoms with Crippen LogP contribution in [0, 0.1) is 0 Å². The van der Waals surface area contributed by atoms with Crippen LogP contribution in [-0.2, 0) is 36.8 Å². The number of nitrogens with one attached hydrogen (secondary N) is 4. The lowest BCUT2D eigenvalue weighted by molar-refractivity contribution is -0.141. The highest BCUT2D eigenvalue weighted by Crippen LogP contribution is 2.12. The van der Waals surface area contributed by atoms with Crippen molar-refractivity contribution in [2.75, 3.05) is 0 Å². The van der Waals surface area contributed by atoms with Crippen LogP contribution in [0.4, 0.5) is 0 Å². The largest absolute Gasteiger partial charge is 0.508 e. The standard InChI is InChI=1S/C23H31N7O7/c1-12(23(36)37)28-21(34)17(8-13-2-4-15(31)5-3-13)30-22(35)18(9-14-10-26-11-27-14)29-20(33)16(24)6-7-19(25)32/h2-5,10-12,16-18,31H,6-9,24H2,1H3,(H2,25,32)(H,26,27)(H,28,34)(H,29,33)(H,30,35)(H,36,37). The molecule has 0 bridgehead atoms. The summed E-state index contributed by atoms with van der Waals surface area (Å²) in [7, 11) is 0. The van der Waals surface area contributed by atoms with Gasteiger partial charge in [0.15, 0.2) is 0 Å². The zero-order valence-corrected chi connectivity index (χ0v) is 20.1. The Morgan fingerprint density at radius 3 is 2.14 bits per heavy atom. The van der Waals surface area contributed by atoms with Crippen LogP contribution in [0.3, 0.4) is 0 Å². The van der Waals surface area contributed by atoms with E-state index in [2.05, 4.69) is 25.9 Å². The first kappa shape index (κ1) is 28.8. The Labute approximate surface area is 212 Å². The van der Waals surface area contributed by atoms with Crippen LogP contribution in [-0.4, -0.2) is 73.9 Å². The van der Waals surface area contributed by atoms with E-state index >= 15 is 0 Å². The van der Waals surface area contributed by atoms with E-state index in [4.69, 9.17) is 16.6 Å². The van der Waals surface area contributed by atoms with Crippen LogP contribution >= 0.6 is 0 Å². The minimum absolute atomic E-state index is 0.00305. The van der Waals surface area contributed by atoms with E-state index < -0.39 is 53.8 Å². The van der Waals surface area contributed by atoms with Gasteiger partial charge in [-0.15, -0.1) is 0 Å². The first-order chi connectivity index (χ1) is 17.5. The molecule has 0 aliphatic rings. The number of primary amides is 1. The van der Waals surface area contributed by atoms with Gasteiger partial charge in [-0.25, -0.2) is 4.98 Å². The number of phenolic OH excluding ortho intramolecular Hbond substituents is 1. The van der Waals surface area contributed by atoms with Gasteiger partial charge in [-0.3, -0.25) is 24.0 Å². The quantitative estimate of drug-likeness (QED) is 0.139. The van der Waals surface area contributed by atoms with Crippen molar-refractivity contribution in [2.45, 2.75) is 56.8 Å². The minimum Gasteiger partial charge on any atom is -0.508 e. The molecule has 14 heteroatoms. The average Bonchev–Trinajstić information content (AvgIpc) is 3.35. The van der Waals surface area contributed by atoms with Crippen LogP contribution in [0.2, 0.25) is 0 Å². The molecule has 1 aromatic carbocycles. The van der Waals surface area contributed by atoms with Crippen LogP contribution in [0.5, 0.6) is 5.75 Å². The fraction of sp³-hybridized carbons (Fsp3) is 0.391. The lowest BCUT2D eigenvalue weighted by Gasteiger charge is -2.24. The second-order valence-corrected chi connectivity index (χ2v) is 8.45. The molecule has 4 atom stereocenters. The number of nitrogens with zero attached hydrogens (tertiary/aromatic N) is 1. The molecule has 14 nitrogen and oxygen atoms in total. The Morgan fingerprint density at radius 1 is 0.973 bits per heavy atom. The maximum Gasteiger partial charge on any atom is 0.325 e. The van der Waals surface area contributed by atoms with Gasteiger partial charge < -0.3 is 42.6 Å². The highest BCUT2D eigenvalue weighted by Gasteiger charge is 2.30. The number of rotatable bonds is 14. The van der Waals surface area contributed by atoms with Gasteiger partial charge in [-0.05, 0) is 31.0 Å². The molecule has 0 fully saturated rings. The van der Waals surface area contributed by atoms with Crippen molar-refractivity contribution < 1.29 is 34.2 Å². The number of hydrogen-bond acceptors (Lipinski definition) is 8. The Balaban J connectivity index is 2.23. The lowest BCUT2D eigenvalue weighted by Crippen LogP contribution is -2.58. The van der Waals surface area contributed by atoms with Crippen LogP contribution in [0.1, 0.15) is 31.0 Å². The zero-order valence-electron chi connectivity index (χ0n) is 20.1. The number of imidazole rings is 1. The minimum atomic E-state index is -1.27. The van der Waals surface area contributed by atoms with E-state index in [1.807, 2.05) is 0 Å². The van der Waals surface area contributed by atoms with Crippen molar-refractivity contribution in [3.05, 3.63) is 48.0 Å². The van der Waals surface area contributed by atoms with Crippen LogP contribution in [0.15, 0.2) is 36.8 Å². The SMILES string of the molecule is CC(NC(=O)C(Cc1ccc(O)cc1)NC(=O)C(Cc1cnc[nH]1)NC(=O)C(N)CCC(N)=O)C(=O)O. The summed E-state index contributed by atoms with van der Waals surface area (Å²) in [5.74, 6) is -4.11. The summed E-state index contributed by atoms with van der Waals surface area (Å²) in [5, 5.41) is 26.1. The van der Waals surface area contributed by atoms with E-state index in [0.29, 0.717) is 11.3 Å². The molecular weight excluding hydrogens is 486 g/mol. The number of aliphatic carboxylic acids is 1. The van der Waals surface area contributed by atoms with Gasteiger partial charge in [0, 0.05) is 31.2 Å². The van der Waals surface area contributed by atoms with Crippen LogP contribution < -0.4 is 27.4 Å². The normalized spacial score (nSPS) is 14.0. The number of carbonyl (C=O) groups excluding carboxylic acids is 4. The third-order valence-electron chi connectivity index (χ3n) is 5.39. The van der Waals surface area contributed by atoms with Crippen molar-refractivity contribution >= 4 is 29.6 Å². The number of carbonyl (C=O) groups is 5. The van der Waals surface area contributed by atoms with E-state index in [1.165, 1.54) is 31.6 Å². The second kappa shape index (κ2) is 13.6. The number of aromatic hydroxyl groups is 1. The van der Waals surface area contributed by atoms with Crippen molar-refractivity contribution in [1.82, 2.24) is 25.9 Å². The molecule has 0 aliphatic heterocycles. The van der Waals surface area contributed by atoms with Crippen molar-refractivity contribution in [2.24, 2.45) is 11.5 Å². The highest BCUT2D eigenvalue weighted by atomic mass is 16.4. The Kier molecular flexibility index (Phi) is 10.6. The molecule has 200 valence electrons. The van der Waals surface area contributed by atoms with E-state index in [-0.39, 0.29) is 31.4 Å². The summed E-state index contributed by atoms with van der Waals surface area (Å²) in [6.45, 7) is 1.27. The number of benzene rings is 1. The predicted octanol–water partition coefficient (Wildman–Crippen LogP) is -1.95. The third-order valence-corrected chi connectivity index (χ3v) is 5.39. The van der Waals surface area contributed by atoms with Crippen LogP contribution in [0.25, 0.3) is 0 Å². The Morgan fingerprint density at radius 2 is 1.57 bits per heavy atom. The fourth-order valence-electron chi connectivity index (χ4n) is 3.26. The molecule has 0 radical (unpaired) electrons. The highest BCUT2D eigenvalue weighted by molar-refractivity contribution is 5.94. The fourth-order valence-corrected chi connectivity index (χ4v) is 3.26. The number of aromatic nitrogens is 2. The topological polar surface area (TPSA) is 243 Å². The van der Waals surface area contributed by atoms with Crippen molar-refractivity contribution in [3.8, 4) is 5.75 Å². The van der Waals surface area contributed by atoms with E-state index in [1.54, 1.807) is 12.1 Å². The number of nitrogens with two attached hydrogens (primary N) is 2. The molecule has 4 unspecified atom stereocenters. The summed E-state index contributed by atoms with van der Waals surface area (Å²) in [4.78, 5) is 67.7. The van der Waals surface area contributed by atoms with Gasteiger partial charge in [0.2, 0.25) is 23.6 Å². The maximum absolute atomic E-state index is 13.3. The Bertz CT molecular complexity index is 1090. The summed E-state index contributed by atoms with van der Waals surface area (Å²) < 4.78 is 0. The molecule has 10 N–H and O–H groups in total. The number of hydrogen-bond donors (Lipinski definition) is 8. The summed E-state index contributed by atoms with van der Waals surface area (Å²) in [6, 6.07) is 1.14. The first-order valence-corrected chi connectivity index (χ1v) is 11.4. The number of phenols is 1. The lowest BCUT2D eigenvalue weighted by atomic mass is 10.0. The number of H-pyrrole nitrogens is 1. The molecule has 0 saturated carbocycles. The predicted molar refractivity (Wildman–Crippen MR) is 130 cm³/mol. The van der Waals surface area contributed by atoms with Gasteiger partial charge in [0.05, 0.1) is 12.4 Å². The molecule has 1 aromatic heterocycles. The van der Waals surface area contributed by atoms with Gasteiger partial charge in [-0.1, -0.05) is 12.1 Å². The number of carboxylic acid groups (broad SMARTS) is 1. The van der Waals surface area contributed by atoms with E-state index in [9.17, 15) is 29.1 Å². The van der Waals surface area contributed by atoms with Gasteiger partial charge in [0.25, 0.3) is 0 Å². The second-order valence-electron chi connectivity index (χ2n) is 8.45. The zero-order chi connectivity index (χ0) is 27.5. The average molecular weight is 518 g/mol. The molecule has 0 saturated heterocycles. The first-order valence-electron chi connectivity index (χ1n) is 11.4. The molecule has 4 amide bonds.